The summed E-state index contributed by atoms with van der Waals surface area (Å²) < 4.78 is 2.19. The zero-order valence-electron chi connectivity index (χ0n) is 11.1. The molecule has 0 aliphatic heterocycles. The molecule has 0 amide bonds. The van der Waals surface area contributed by atoms with Crippen molar-refractivity contribution in [1.29, 1.82) is 0 Å². The van der Waals surface area contributed by atoms with Crippen molar-refractivity contribution in [2.75, 3.05) is 6.26 Å². The molecule has 0 saturated carbocycles. The number of nitrogens with zero attached hydrogens (tertiary/aromatic N) is 2. The Morgan fingerprint density at radius 2 is 1.89 bits per heavy atom. The number of thioether (sulfide) groups is 1. The van der Waals surface area contributed by atoms with E-state index in [-0.39, 0.29) is 0 Å². The van der Waals surface area contributed by atoms with E-state index in [4.69, 9.17) is 4.98 Å². The molecule has 3 heteroatoms. The van der Waals surface area contributed by atoms with Crippen LogP contribution in [0.25, 0.3) is 21.9 Å². The molecule has 1 aromatic carbocycles. The summed E-state index contributed by atoms with van der Waals surface area (Å²) in [4.78, 5) is 6.13. The van der Waals surface area contributed by atoms with Gasteiger partial charge in [-0.25, -0.2) is 4.98 Å². The summed E-state index contributed by atoms with van der Waals surface area (Å²) in [6.45, 7) is 4.25. The second-order valence-electron chi connectivity index (χ2n) is 4.63. The van der Waals surface area contributed by atoms with E-state index < -0.39 is 0 Å². The van der Waals surface area contributed by atoms with E-state index in [1.807, 2.05) is 11.8 Å². The molecule has 0 saturated heterocycles. The second-order valence-corrected chi connectivity index (χ2v) is 5.45. The molecule has 0 unspecified atom stereocenters. The zero-order chi connectivity index (χ0) is 12.9. The Bertz CT molecular complexity index is 756. The fraction of sp³-hybridized carbons (Fsp3) is 0.267. The van der Waals surface area contributed by atoms with Crippen LogP contribution in [0.5, 0.6) is 0 Å². The Balaban J connectivity index is 2.65. The Kier molecular flexibility index (Phi) is 2.59. The Morgan fingerprint density at radius 1 is 1.17 bits per heavy atom. The molecular weight excluding hydrogens is 240 g/mol. The average Bonchev–Trinajstić information content (AvgIpc) is 2.66. The molecule has 2 heterocycles. The molecule has 18 heavy (non-hydrogen) atoms. The van der Waals surface area contributed by atoms with E-state index in [1.54, 1.807) is 0 Å². The first-order chi connectivity index (χ1) is 8.65. The van der Waals surface area contributed by atoms with E-state index in [0.29, 0.717) is 0 Å². The molecule has 2 aromatic heterocycles. The molecule has 0 N–H and O–H groups in total. The first kappa shape index (κ1) is 11.6. The Hall–Kier alpha value is -1.48. The second kappa shape index (κ2) is 4.02. The lowest BCUT2D eigenvalue weighted by Gasteiger charge is -2.08. The van der Waals surface area contributed by atoms with Gasteiger partial charge in [0.25, 0.3) is 0 Å². The topological polar surface area (TPSA) is 17.8 Å². The third-order valence-electron chi connectivity index (χ3n) is 3.66. The summed E-state index contributed by atoms with van der Waals surface area (Å²) in [5, 5.41) is 2.60. The van der Waals surface area contributed by atoms with Gasteiger partial charge in [0.05, 0.1) is 5.52 Å². The van der Waals surface area contributed by atoms with Crippen LogP contribution in [0.3, 0.4) is 0 Å². The summed E-state index contributed by atoms with van der Waals surface area (Å²) in [5.74, 6) is 0. The quantitative estimate of drug-likeness (QED) is 0.611. The van der Waals surface area contributed by atoms with Crippen LogP contribution in [0.15, 0.2) is 29.2 Å². The van der Waals surface area contributed by atoms with Gasteiger partial charge >= 0.3 is 0 Å². The maximum atomic E-state index is 4.77. The first-order valence-electron chi connectivity index (χ1n) is 6.03. The number of para-hydroxylation sites is 1. The maximum absolute atomic E-state index is 4.77. The highest BCUT2D eigenvalue weighted by molar-refractivity contribution is 7.98. The number of aromatic nitrogens is 2. The van der Waals surface area contributed by atoms with Gasteiger partial charge in [0.1, 0.15) is 5.65 Å². The number of rotatable bonds is 1. The normalized spacial score (nSPS) is 11.6. The molecule has 0 radical (unpaired) electrons. The smallest absolute Gasteiger partial charge is 0.142 e. The Morgan fingerprint density at radius 3 is 2.61 bits per heavy atom. The van der Waals surface area contributed by atoms with Crippen molar-refractivity contribution >= 4 is 33.7 Å². The van der Waals surface area contributed by atoms with Gasteiger partial charge in [0, 0.05) is 28.4 Å². The zero-order valence-corrected chi connectivity index (χ0v) is 11.9. The van der Waals surface area contributed by atoms with Crippen LogP contribution < -0.4 is 0 Å². The van der Waals surface area contributed by atoms with Gasteiger partial charge in [-0.05, 0) is 31.7 Å². The van der Waals surface area contributed by atoms with E-state index in [9.17, 15) is 0 Å². The average molecular weight is 256 g/mol. The van der Waals surface area contributed by atoms with Gasteiger partial charge < -0.3 is 4.57 Å². The minimum Gasteiger partial charge on any atom is -0.328 e. The first-order valence-corrected chi connectivity index (χ1v) is 7.26. The molecule has 2 nitrogen and oxygen atoms in total. The molecule has 92 valence electrons. The number of hydrogen-bond donors (Lipinski definition) is 0. The molecule has 0 aliphatic carbocycles. The van der Waals surface area contributed by atoms with Crippen molar-refractivity contribution in [2.45, 2.75) is 18.7 Å². The third-order valence-corrected chi connectivity index (χ3v) is 4.58. The standard InChI is InChI=1S/C15H16N2S/c1-9-10(2)16-15-13(14(9)18-4)11-7-5-6-8-12(11)17(15)3/h5-8H,1-4H3. The highest BCUT2D eigenvalue weighted by atomic mass is 32.2. The fourth-order valence-electron chi connectivity index (χ4n) is 2.58. The van der Waals surface area contributed by atoms with Crippen molar-refractivity contribution in [3.63, 3.8) is 0 Å². The third kappa shape index (κ3) is 1.40. The molecule has 0 spiro atoms. The van der Waals surface area contributed by atoms with E-state index in [0.717, 1.165) is 11.3 Å². The van der Waals surface area contributed by atoms with Crippen LogP contribution >= 0.6 is 11.8 Å². The lowest BCUT2D eigenvalue weighted by molar-refractivity contribution is 0.973. The molecule has 0 bridgehead atoms. The minimum absolute atomic E-state index is 1.09. The van der Waals surface area contributed by atoms with Crippen molar-refractivity contribution in [3.8, 4) is 0 Å². The maximum Gasteiger partial charge on any atom is 0.142 e. The molecular formula is C15H16N2S. The summed E-state index contributed by atoms with van der Waals surface area (Å²) in [7, 11) is 2.09. The van der Waals surface area contributed by atoms with Gasteiger partial charge in [-0.1, -0.05) is 18.2 Å². The summed E-state index contributed by atoms with van der Waals surface area (Å²) >= 11 is 1.81. The van der Waals surface area contributed by atoms with Gasteiger partial charge in [-0.2, -0.15) is 0 Å². The highest BCUT2D eigenvalue weighted by Crippen LogP contribution is 2.36. The minimum atomic E-state index is 1.09. The number of fused-ring (bicyclic) bond motifs is 3. The van der Waals surface area contributed by atoms with Crippen LogP contribution in [-0.2, 0) is 7.05 Å². The Labute approximate surface area is 111 Å². The van der Waals surface area contributed by atoms with E-state index >= 15 is 0 Å². The summed E-state index contributed by atoms with van der Waals surface area (Å²) in [6, 6.07) is 8.53. The predicted molar refractivity (Wildman–Crippen MR) is 79.5 cm³/mol. The fourth-order valence-corrected chi connectivity index (χ4v) is 3.44. The number of hydrogen-bond acceptors (Lipinski definition) is 2. The highest BCUT2D eigenvalue weighted by Gasteiger charge is 2.15. The molecule has 0 aliphatic rings. The monoisotopic (exact) mass is 256 g/mol. The van der Waals surface area contributed by atoms with Crippen molar-refractivity contribution in [3.05, 3.63) is 35.5 Å². The van der Waals surface area contributed by atoms with Crippen LogP contribution in [0.4, 0.5) is 0 Å². The van der Waals surface area contributed by atoms with Gasteiger partial charge in [-0.15, -0.1) is 11.8 Å². The van der Waals surface area contributed by atoms with Gasteiger partial charge in [0.15, 0.2) is 0 Å². The predicted octanol–water partition coefficient (Wildman–Crippen LogP) is 4.07. The summed E-state index contributed by atoms with van der Waals surface area (Å²) in [5.41, 5.74) is 4.76. The number of benzene rings is 1. The molecule has 0 atom stereocenters. The lowest BCUT2D eigenvalue weighted by atomic mass is 10.1. The number of aryl methyl sites for hydroxylation is 2. The summed E-state index contributed by atoms with van der Waals surface area (Å²) in [6.07, 6.45) is 2.14. The van der Waals surface area contributed by atoms with Gasteiger partial charge in [-0.3, -0.25) is 0 Å². The van der Waals surface area contributed by atoms with Crippen molar-refractivity contribution < 1.29 is 0 Å². The lowest BCUT2D eigenvalue weighted by Crippen LogP contribution is -1.95. The van der Waals surface area contributed by atoms with E-state index in [1.165, 1.54) is 26.7 Å². The van der Waals surface area contributed by atoms with Crippen molar-refractivity contribution in [1.82, 2.24) is 9.55 Å². The largest absolute Gasteiger partial charge is 0.328 e. The van der Waals surface area contributed by atoms with Crippen LogP contribution in [0.1, 0.15) is 11.3 Å². The number of pyridine rings is 1. The van der Waals surface area contributed by atoms with Crippen LogP contribution in [0.2, 0.25) is 0 Å². The van der Waals surface area contributed by atoms with Crippen molar-refractivity contribution in [2.24, 2.45) is 7.05 Å². The van der Waals surface area contributed by atoms with E-state index in [2.05, 4.69) is 56.0 Å². The van der Waals surface area contributed by atoms with Crippen LogP contribution in [0, 0.1) is 13.8 Å². The SMILES string of the molecule is CSc1c(C)c(C)nc2c1c1ccccc1n2C. The molecule has 3 rings (SSSR count). The van der Waals surface area contributed by atoms with Gasteiger partial charge in [0.2, 0.25) is 0 Å². The molecule has 3 aromatic rings. The van der Waals surface area contributed by atoms with Crippen LogP contribution in [-0.4, -0.2) is 15.8 Å². The molecule has 0 fully saturated rings.